The molecule has 0 aromatic carbocycles. The molecular weight excluding hydrogens is 254 g/mol. The summed E-state index contributed by atoms with van der Waals surface area (Å²) in [5, 5.41) is 8.52. The third-order valence-electron chi connectivity index (χ3n) is 4.05. The molecule has 5 nitrogen and oxygen atoms in total. The van der Waals surface area contributed by atoms with Crippen LogP contribution in [-0.4, -0.2) is 42.1 Å². The van der Waals surface area contributed by atoms with Crippen LogP contribution >= 0.6 is 0 Å². The number of rotatable bonds is 4. The molecule has 0 spiro atoms. The van der Waals surface area contributed by atoms with Gasteiger partial charge in [0.25, 0.3) is 0 Å². The number of sulfonamides is 1. The summed E-state index contributed by atoms with van der Waals surface area (Å²) in [5.41, 5.74) is 0. The van der Waals surface area contributed by atoms with E-state index in [1.807, 2.05) is 0 Å². The van der Waals surface area contributed by atoms with Gasteiger partial charge in [-0.2, -0.15) is 0 Å². The van der Waals surface area contributed by atoms with Gasteiger partial charge < -0.3 is 5.11 Å². The molecule has 2 rings (SSSR count). The van der Waals surface area contributed by atoms with Gasteiger partial charge in [0.05, 0.1) is 5.25 Å². The Kier molecular flexibility index (Phi) is 4.27. The van der Waals surface area contributed by atoms with E-state index in [0.717, 1.165) is 32.1 Å². The molecule has 1 heterocycles. The maximum absolute atomic E-state index is 12.4. The maximum Gasteiger partial charge on any atom is 0.303 e. The van der Waals surface area contributed by atoms with Crippen molar-refractivity contribution in [2.45, 2.75) is 50.2 Å². The summed E-state index contributed by atoms with van der Waals surface area (Å²) >= 11 is 0. The van der Waals surface area contributed by atoms with Gasteiger partial charge in [0.15, 0.2) is 0 Å². The first-order valence-corrected chi connectivity index (χ1v) is 8.21. The molecule has 18 heavy (non-hydrogen) atoms. The highest BCUT2D eigenvalue weighted by atomic mass is 32.2. The van der Waals surface area contributed by atoms with Gasteiger partial charge in [0, 0.05) is 19.5 Å². The number of hydrogen-bond acceptors (Lipinski definition) is 3. The minimum atomic E-state index is -3.19. The van der Waals surface area contributed by atoms with Crippen LogP contribution in [-0.2, 0) is 14.8 Å². The quantitative estimate of drug-likeness (QED) is 0.842. The zero-order valence-electron chi connectivity index (χ0n) is 10.5. The lowest BCUT2D eigenvalue weighted by Crippen LogP contribution is -2.38. The fraction of sp³-hybridized carbons (Fsp3) is 0.917. The zero-order chi connectivity index (χ0) is 13.2. The summed E-state index contributed by atoms with van der Waals surface area (Å²) in [6.45, 7) is 0.891. The highest BCUT2D eigenvalue weighted by Crippen LogP contribution is 2.30. The molecule has 0 aromatic rings. The van der Waals surface area contributed by atoms with Gasteiger partial charge in [-0.25, -0.2) is 12.7 Å². The third kappa shape index (κ3) is 3.03. The fourth-order valence-corrected chi connectivity index (χ4v) is 5.14. The highest BCUT2D eigenvalue weighted by molar-refractivity contribution is 7.89. The van der Waals surface area contributed by atoms with Crippen molar-refractivity contribution in [1.29, 1.82) is 0 Å². The fourth-order valence-electron chi connectivity index (χ4n) is 3.02. The van der Waals surface area contributed by atoms with E-state index < -0.39 is 16.0 Å². The van der Waals surface area contributed by atoms with Crippen molar-refractivity contribution in [3.63, 3.8) is 0 Å². The number of aliphatic carboxylic acids is 1. The molecule has 2 aliphatic rings. The minimum Gasteiger partial charge on any atom is -0.481 e. The summed E-state index contributed by atoms with van der Waals surface area (Å²) < 4.78 is 26.3. The molecule has 1 saturated carbocycles. The van der Waals surface area contributed by atoms with Crippen LogP contribution in [0.25, 0.3) is 0 Å². The molecule has 0 bridgehead atoms. The van der Waals surface area contributed by atoms with Crippen molar-refractivity contribution >= 4 is 16.0 Å². The molecule has 1 aliphatic carbocycles. The Bertz CT molecular complexity index is 400. The molecule has 1 saturated heterocycles. The van der Waals surface area contributed by atoms with E-state index in [1.165, 1.54) is 4.31 Å². The van der Waals surface area contributed by atoms with Gasteiger partial charge in [-0.05, 0) is 25.2 Å². The number of nitrogens with zero attached hydrogens (tertiary/aromatic N) is 1. The first-order chi connectivity index (χ1) is 8.50. The van der Waals surface area contributed by atoms with E-state index in [2.05, 4.69) is 0 Å². The van der Waals surface area contributed by atoms with Crippen LogP contribution < -0.4 is 0 Å². The van der Waals surface area contributed by atoms with Gasteiger partial charge in [0.1, 0.15) is 0 Å². The van der Waals surface area contributed by atoms with Crippen molar-refractivity contribution < 1.29 is 18.3 Å². The van der Waals surface area contributed by atoms with Crippen molar-refractivity contribution in [3.8, 4) is 0 Å². The average Bonchev–Trinajstić information content (AvgIpc) is 2.78. The molecule has 104 valence electrons. The Morgan fingerprint density at radius 1 is 1.17 bits per heavy atom. The first kappa shape index (κ1) is 13.8. The normalized spacial score (nSPS) is 27.4. The Labute approximate surface area is 108 Å². The number of carboxylic acids is 1. The lowest BCUT2D eigenvalue weighted by atomic mass is 10.0. The van der Waals surface area contributed by atoms with Crippen molar-refractivity contribution in [2.75, 3.05) is 13.1 Å². The Hall–Kier alpha value is -0.620. The standard InChI is InChI=1S/C12H21NO4S/c14-12(15)8-10-6-7-13(9-10)18(16,17)11-4-2-1-3-5-11/h10-11H,1-9H2,(H,14,15). The first-order valence-electron chi connectivity index (χ1n) is 6.71. The highest BCUT2D eigenvalue weighted by Gasteiger charge is 2.37. The van der Waals surface area contributed by atoms with Crippen LogP contribution in [0, 0.1) is 5.92 Å². The molecule has 1 unspecified atom stereocenters. The summed E-state index contributed by atoms with van der Waals surface area (Å²) in [6.07, 6.45) is 5.42. The molecule has 2 fully saturated rings. The zero-order valence-corrected chi connectivity index (χ0v) is 11.4. The Morgan fingerprint density at radius 2 is 1.83 bits per heavy atom. The molecule has 0 amide bonds. The van der Waals surface area contributed by atoms with Crippen molar-refractivity contribution in [1.82, 2.24) is 4.31 Å². The number of carbonyl (C=O) groups is 1. The molecule has 1 N–H and O–H groups in total. The van der Waals surface area contributed by atoms with Gasteiger partial charge in [-0.1, -0.05) is 19.3 Å². The second-order valence-corrected chi connectivity index (χ2v) is 7.63. The van der Waals surface area contributed by atoms with Gasteiger partial charge >= 0.3 is 5.97 Å². The molecule has 1 atom stereocenters. The Morgan fingerprint density at radius 3 is 2.44 bits per heavy atom. The van der Waals surface area contributed by atoms with E-state index >= 15 is 0 Å². The van der Waals surface area contributed by atoms with E-state index in [9.17, 15) is 13.2 Å². The van der Waals surface area contributed by atoms with Gasteiger partial charge in [-0.15, -0.1) is 0 Å². The minimum absolute atomic E-state index is 0.0131. The van der Waals surface area contributed by atoms with Crippen LogP contribution in [0.3, 0.4) is 0 Å². The van der Waals surface area contributed by atoms with Crippen LogP contribution in [0.5, 0.6) is 0 Å². The van der Waals surface area contributed by atoms with Crippen LogP contribution in [0.15, 0.2) is 0 Å². The lowest BCUT2D eigenvalue weighted by Gasteiger charge is -2.26. The summed E-state index contributed by atoms with van der Waals surface area (Å²) in [6, 6.07) is 0. The average molecular weight is 275 g/mol. The summed E-state index contributed by atoms with van der Waals surface area (Å²) in [4.78, 5) is 10.6. The molecule has 1 aliphatic heterocycles. The van der Waals surface area contributed by atoms with Crippen LogP contribution in [0.1, 0.15) is 44.9 Å². The monoisotopic (exact) mass is 275 g/mol. The molecule has 0 aromatic heterocycles. The summed E-state index contributed by atoms with van der Waals surface area (Å²) in [7, 11) is -3.19. The van der Waals surface area contributed by atoms with E-state index in [0.29, 0.717) is 19.5 Å². The molecule has 6 heteroatoms. The van der Waals surface area contributed by atoms with E-state index in [-0.39, 0.29) is 17.6 Å². The predicted molar refractivity (Wildman–Crippen MR) is 67.7 cm³/mol. The largest absolute Gasteiger partial charge is 0.481 e. The summed E-state index contributed by atoms with van der Waals surface area (Å²) in [5.74, 6) is -0.849. The Balaban J connectivity index is 1.96. The van der Waals surface area contributed by atoms with Crippen LogP contribution in [0.2, 0.25) is 0 Å². The predicted octanol–water partition coefficient (Wildman–Crippen LogP) is 1.45. The smallest absolute Gasteiger partial charge is 0.303 e. The van der Waals surface area contributed by atoms with Gasteiger partial charge in [0.2, 0.25) is 10.0 Å². The lowest BCUT2D eigenvalue weighted by molar-refractivity contribution is -0.137. The van der Waals surface area contributed by atoms with E-state index in [1.54, 1.807) is 0 Å². The SMILES string of the molecule is O=C(O)CC1CCN(S(=O)(=O)C2CCCCC2)C1. The second kappa shape index (κ2) is 5.57. The molecule has 0 radical (unpaired) electrons. The third-order valence-corrected chi connectivity index (χ3v) is 6.41. The second-order valence-electron chi connectivity index (χ2n) is 5.42. The van der Waals surface area contributed by atoms with Crippen molar-refractivity contribution in [2.24, 2.45) is 5.92 Å². The topological polar surface area (TPSA) is 74.7 Å². The number of carboxylic acid groups (broad SMARTS) is 1. The molecular formula is C12H21NO4S. The number of hydrogen-bond donors (Lipinski definition) is 1. The van der Waals surface area contributed by atoms with Crippen LogP contribution in [0.4, 0.5) is 0 Å². The van der Waals surface area contributed by atoms with Crippen molar-refractivity contribution in [3.05, 3.63) is 0 Å². The maximum atomic E-state index is 12.4. The van der Waals surface area contributed by atoms with Gasteiger partial charge in [-0.3, -0.25) is 4.79 Å². The van der Waals surface area contributed by atoms with E-state index in [4.69, 9.17) is 5.11 Å².